The molecule has 18 heavy (non-hydrogen) atoms. The summed E-state index contributed by atoms with van der Waals surface area (Å²) in [5.41, 5.74) is 1.17. The topological polar surface area (TPSA) is 41.6 Å². The van der Waals surface area contributed by atoms with Crippen LogP contribution in [0.5, 0.6) is 0 Å². The number of amides is 1. The Labute approximate surface area is 111 Å². The Bertz CT molecular complexity index is 403. The van der Waals surface area contributed by atoms with E-state index in [0.717, 1.165) is 6.54 Å². The highest BCUT2D eigenvalue weighted by Crippen LogP contribution is 2.11. The fourth-order valence-corrected chi connectivity index (χ4v) is 2.56. The van der Waals surface area contributed by atoms with Crippen molar-refractivity contribution in [2.45, 2.75) is 12.6 Å². The van der Waals surface area contributed by atoms with Gasteiger partial charge in [0.05, 0.1) is 6.61 Å². The lowest BCUT2D eigenvalue weighted by Gasteiger charge is -2.24. The van der Waals surface area contributed by atoms with Crippen molar-refractivity contribution >= 4 is 17.2 Å². The lowest BCUT2D eigenvalue weighted by molar-refractivity contribution is -0.133. The third-order valence-electron chi connectivity index (χ3n) is 2.88. The van der Waals surface area contributed by atoms with Gasteiger partial charge in [-0.3, -0.25) is 10.1 Å². The molecule has 0 radical (unpaired) electrons. The lowest BCUT2D eigenvalue weighted by atomic mass is 10.2. The van der Waals surface area contributed by atoms with E-state index in [4.69, 9.17) is 4.74 Å². The number of carbonyl (C=O) groups is 1. The summed E-state index contributed by atoms with van der Waals surface area (Å²) in [6.45, 7) is 2.61. The average molecular weight is 266 g/mol. The van der Waals surface area contributed by atoms with Crippen LogP contribution in [0.15, 0.2) is 29.0 Å². The first kappa shape index (κ1) is 13.3. The molecule has 1 aliphatic heterocycles. The zero-order valence-corrected chi connectivity index (χ0v) is 11.3. The number of methoxy groups -OCH3 is 1. The summed E-state index contributed by atoms with van der Waals surface area (Å²) in [6, 6.07) is 1.87. The number of nitrogens with zero attached hydrogens (tertiary/aromatic N) is 1. The second kappa shape index (κ2) is 6.68. The second-order valence-corrected chi connectivity index (χ2v) is 4.98. The number of thiophene rings is 1. The highest BCUT2D eigenvalue weighted by atomic mass is 32.1. The summed E-state index contributed by atoms with van der Waals surface area (Å²) < 4.78 is 5.07. The predicted octanol–water partition coefficient (Wildman–Crippen LogP) is 1.25. The lowest BCUT2D eigenvalue weighted by Crippen LogP contribution is -2.44. The monoisotopic (exact) mass is 266 g/mol. The predicted molar refractivity (Wildman–Crippen MR) is 72.5 cm³/mol. The van der Waals surface area contributed by atoms with Gasteiger partial charge < -0.3 is 9.64 Å². The number of hydrogen-bond acceptors (Lipinski definition) is 4. The normalized spacial score (nSPS) is 18.2. The summed E-state index contributed by atoms with van der Waals surface area (Å²) in [7, 11) is 1.65. The van der Waals surface area contributed by atoms with Crippen LogP contribution < -0.4 is 5.32 Å². The van der Waals surface area contributed by atoms with E-state index in [1.165, 1.54) is 5.56 Å². The third-order valence-corrected chi connectivity index (χ3v) is 3.61. The Balaban J connectivity index is 1.99. The zero-order chi connectivity index (χ0) is 12.8. The summed E-state index contributed by atoms with van der Waals surface area (Å²) in [5.74, 6) is 0.118. The Hall–Kier alpha value is -1.17. The number of rotatable bonds is 6. The van der Waals surface area contributed by atoms with Gasteiger partial charge in [0.15, 0.2) is 0 Å². The van der Waals surface area contributed by atoms with Gasteiger partial charge in [-0.1, -0.05) is 12.2 Å². The zero-order valence-electron chi connectivity index (χ0n) is 10.5. The first-order chi connectivity index (χ1) is 8.81. The molecule has 1 aliphatic rings. The molecule has 0 saturated carbocycles. The van der Waals surface area contributed by atoms with Gasteiger partial charge in [0.1, 0.15) is 6.04 Å². The molecule has 0 spiro atoms. The van der Waals surface area contributed by atoms with Crippen molar-refractivity contribution in [2.24, 2.45) is 0 Å². The van der Waals surface area contributed by atoms with Gasteiger partial charge >= 0.3 is 0 Å². The van der Waals surface area contributed by atoms with Gasteiger partial charge in [-0.15, -0.1) is 0 Å². The van der Waals surface area contributed by atoms with Crippen molar-refractivity contribution in [2.75, 3.05) is 26.8 Å². The molecule has 0 saturated heterocycles. The molecule has 1 N–H and O–H groups in total. The minimum Gasteiger partial charge on any atom is -0.383 e. The number of ether oxygens (including phenoxy) is 1. The molecule has 1 unspecified atom stereocenters. The molecule has 1 aromatic heterocycles. The summed E-state index contributed by atoms with van der Waals surface area (Å²) >= 11 is 1.65. The van der Waals surface area contributed by atoms with Crippen LogP contribution in [0, 0.1) is 0 Å². The molecule has 0 bridgehead atoms. The van der Waals surface area contributed by atoms with E-state index in [2.05, 4.69) is 16.8 Å². The van der Waals surface area contributed by atoms with E-state index >= 15 is 0 Å². The maximum atomic E-state index is 12.3. The number of nitrogens with one attached hydrogen (secondary N) is 1. The highest BCUT2D eigenvalue weighted by Gasteiger charge is 2.23. The Kier molecular flexibility index (Phi) is 4.92. The fraction of sp³-hybridized carbons (Fsp3) is 0.462. The molecule has 5 heteroatoms. The van der Waals surface area contributed by atoms with Crippen molar-refractivity contribution in [1.29, 1.82) is 0 Å². The van der Waals surface area contributed by atoms with Gasteiger partial charge in [-0.05, 0) is 22.4 Å². The van der Waals surface area contributed by atoms with Gasteiger partial charge in [0.2, 0.25) is 5.91 Å². The van der Waals surface area contributed by atoms with Crippen LogP contribution in [-0.2, 0) is 16.1 Å². The van der Waals surface area contributed by atoms with E-state index in [9.17, 15) is 4.79 Å². The minimum atomic E-state index is -0.180. The van der Waals surface area contributed by atoms with Crippen LogP contribution in [0.3, 0.4) is 0 Å². The van der Waals surface area contributed by atoms with Gasteiger partial charge in [0.25, 0.3) is 0 Å². The maximum Gasteiger partial charge on any atom is 0.244 e. The summed E-state index contributed by atoms with van der Waals surface area (Å²) in [4.78, 5) is 14.2. The summed E-state index contributed by atoms with van der Waals surface area (Å²) in [5, 5.41) is 7.26. The van der Waals surface area contributed by atoms with Crippen LogP contribution in [0.25, 0.3) is 0 Å². The molecule has 1 amide bonds. The smallest absolute Gasteiger partial charge is 0.244 e. The molecule has 0 aliphatic carbocycles. The molecular formula is C13H18N2O2S. The molecule has 0 aromatic carbocycles. The minimum absolute atomic E-state index is 0.118. The molecule has 1 atom stereocenters. The van der Waals surface area contributed by atoms with Gasteiger partial charge in [0, 0.05) is 26.7 Å². The molecule has 4 nitrogen and oxygen atoms in total. The SMILES string of the molecule is COCCN(Cc1ccsc1)C(=O)C1C=CCN1. The first-order valence-corrected chi connectivity index (χ1v) is 6.94. The first-order valence-electron chi connectivity index (χ1n) is 6.00. The molecular weight excluding hydrogens is 248 g/mol. The van der Waals surface area contributed by atoms with Crippen molar-refractivity contribution < 1.29 is 9.53 Å². The van der Waals surface area contributed by atoms with E-state index < -0.39 is 0 Å². The molecule has 1 aromatic rings. The number of hydrogen-bond donors (Lipinski definition) is 1. The standard InChI is InChI=1S/C13H18N2O2S/c1-17-7-6-15(9-11-4-8-18-10-11)13(16)12-3-2-5-14-12/h2-4,8,10,12,14H,5-7,9H2,1H3. The third kappa shape index (κ3) is 3.41. The van der Waals surface area contributed by atoms with E-state index in [1.807, 2.05) is 22.4 Å². The van der Waals surface area contributed by atoms with Crippen LogP contribution in [-0.4, -0.2) is 43.7 Å². The quantitative estimate of drug-likeness (QED) is 0.788. The summed E-state index contributed by atoms with van der Waals surface area (Å²) in [6.07, 6.45) is 3.91. The fourth-order valence-electron chi connectivity index (χ4n) is 1.91. The van der Waals surface area contributed by atoms with Crippen molar-refractivity contribution in [3.8, 4) is 0 Å². The Morgan fingerprint density at radius 2 is 2.56 bits per heavy atom. The van der Waals surface area contributed by atoms with E-state index in [1.54, 1.807) is 18.4 Å². The van der Waals surface area contributed by atoms with Crippen LogP contribution in [0.4, 0.5) is 0 Å². The van der Waals surface area contributed by atoms with Crippen molar-refractivity contribution in [3.05, 3.63) is 34.5 Å². The van der Waals surface area contributed by atoms with Gasteiger partial charge in [-0.2, -0.15) is 11.3 Å². The van der Waals surface area contributed by atoms with Crippen LogP contribution in [0.1, 0.15) is 5.56 Å². The largest absolute Gasteiger partial charge is 0.383 e. The van der Waals surface area contributed by atoms with E-state index in [-0.39, 0.29) is 11.9 Å². The van der Waals surface area contributed by atoms with Crippen LogP contribution >= 0.6 is 11.3 Å². The average Bonchev–Trinajstić information content (AvgIpc) is 3.06. The Morgan fingerprint density at radius 1 is 1.67 bits per heavy atom. The number of carbonyl (C=O) groups excluding carboxylic acids is 1. The second-order valence-electron chi connectivity index (χ2n) is 4.20. The van der Waals surface area contributed by atoms with Gasteiger partial charge in [-0.25, -0.2) is 0 Å². The van der Waals surface area contributed by atoms with Crippen molar-refractivity contribution in [1.82, 2.24) is 10.2 Å². The molecule has 0 fully saturated rings. The molecule has 2 heterocycles. The van der Waals surface area contributed by atoms with Crippen molar-refractivity contribution in [3.63, 3.8) is 0 Å². The maximum absolute atomic E-state index is 12.3. The molecule has 98 valence electrons. The van der Waals surface area contributed by atoms with E-state index in [0.29, 0.717) is 19.7 Å². The highest BCUT2D eigenvalue weighted by molar-refractivity contribution is 7.07. The Morgan fingerprint density at radius 3 is 3.17 bits per heavy atom. The van der Waals surface area contributed by atoms with Crippen LogP contribution in [0.2, 0.25) is 0 Å². The molecule has 2 rings (SSSR count).